The number of rotatable bonds is 6. The van der Waals surface area contributed by atoms with Crippen molar-refractivity contribution in [3.8, 4) is 0 Å². The van der Waals surface area contributed by atoms with Crippen molar-refractivity contribution < 1.29 is 18.4 Å². The van der Waals surface area contributed by atoms with Crippen LogP contribution in [-0.2, 0) is 11.3 Å². The van der Waals surface area contributed by atoms with E-state index in [1.54, 1.807) is 48.5 Å². The number of urea groups is 1. The van der Waals surface area contributed by atoms with Gasteiger partial charge in [-0.1, -0.05) is 12.1 Å². The number of halogens is 2. The fraction of sp³-hybridized carbons (Fsp3) is 0.118. The summed E-state index contributed by atoms with van der Waals surface area (Å²) in [6, 6.07) is 12.5. The van der Waals surface area contributed by atoms with Gasteiger partial charge in [0.2, 0.25) is 5.91 Å². The molecular weight excluding hydrogens is 376 g/mol. The molecule has 1 heterocycles. The smallest absolute Gasteiger partial charge is 0.316 e. The summed E-state index contributed by atoms with van der Waals surface area (Å²) in [6.45, 7) is -0.170. The lowest BCUT2D eigenvalue weighted by molar-refractivity contribution is -0.116. The number of nitrogens with one attached hydrogen (secondary N) is 2. The van der Waals surface area contributed by atoms with E-state index in [0.29, 0.717) is 34.2 Å². The van der Waals surface area contributed by atoms with Gasteiger partial charge in [-0.05, 0) is 48.2 Å². The molecular formula is C17H15F2N5O2S. The Morgan fingerprint density at radius 1 is 1.07 bits per heavy atom. The number of primary amides is 1. The van der Waals surface area contributed by atoms with E-state index in [9.17, 15) is 18.4 Å². The monoisotopic (exact) mass is 391 g/mol. The number of para-hydroxylation sites is 2. The first-order chi connectivity index (χ1) is 12.9. The molecule has 0 radical (unpaired) electrons. The van der Waals surface area contributed by atoms with E-state index in [2.05, 4.69) is 15.6 Å². The number of hydrogen-bond donors (Lipinski definition) is 3. The zero-order valence-electron chi connectivity index (χ0n) is 13.9. The fourth-order valence-electron chi connectivity index (χ4n) is 2.50. The van der Waals surface area contributed by atoms with Crippen molar-refractivity contribution in [1.82, 2.24) is 9.55 Å². The summed E-state index contributed by atoms with van der Waals surface area (Å²) in [6.07, 6.45) is 0. The van der Waals surface area contributed by atoms with E-state index in [-0.39, 0.29) is 11.7 Å². The van der Waals surface area contributed by atoms with Gasteiger partial charge in [-0.25, -0.2) is 9.78 Å². The number of amides is 3. The second-order valence-electron chi connectivity index (χ2n) is 5.46. The molecule has 3 amide bonds. The second kappa shape index (κ2) is 8.04. The van der Waals surface area contributed by atoms with Gasteiger partial charge in [0.1, 0.15) is 6.54 Å². The van der Waals surface area contributed by atoms with Crippen LogP contribution in [0.15, 0.2) is 53.7 Å². The minimum absolute atomic E-state index is 0.0716. The van der Waals surface area contributed by atoms with Crippen molar-refractivity contribution in [2.45, 2.75) is 17.5 Å². The Bertz CT molecular complexity index is 975. The minimum Gasteiger partial charge on any atom is -0.351 e. The highest BCUT2D eigenvalue weighted by molar-refractivity contribution is 7.99. The Labute approximate surface area is 156 Å². The zero-order valence-corrected chi connectivity index (χ0v) is 14.7. The quantitative estimate of drug-likeness (QED) is 0.560. The summed E-state index contributed by atoms with van der Waals surface area (Å²) in [7, 11) is 0. The summed E-state index contributed by atoms with van der Waals surface area (Å²) in [5, 5.41) is 5.16. The largest absolute Gasteiger partial charge is 0.351 e. The maximum Gasteiger partial charge on any atom is 0.316 e. The Balaban J connectivity index is 1.76. The molecule has 0 saturated carbocycles. The van der Waals surface area contributed by atoms with Gasteiger partial charge in [-0.15, -0.1) is 0 Å². The molecule has 0 bridgehead atoms. The maximum absolute atomic E-state index is 12.8. The highest BCUT2D eigenvalue weighted by Crippen LogP contribution is 2.28. The third-order valence-electron chi connectivity index (χ3n) is 3.55. The number of imidazole rings is 1. The summed E-state index contributed by atoms with van der Waals surface area (Å²) in [5.74, 6) is -3.04. The van der Waals surface area contributed by atoms with Crippen LogP contribution in [0.3, 0.4) is 0 Å². The first-order valence-corrected chi connectivity index (χ1v) is 8.67. The SMILES string of the molecule is NC(=O)Nc1ccc(NC(=O)Cn2c(SC(F)F)nc3ccccc32)cc1. The van der Waals surface area contributed by atoms with E-state index in [0.717, 1.165) is 0 Å². The van der Waals surface area contributed by atoms with Crippen LogP contribution in [0.25, 0.3) is 11.0 Å². The Morgan fingerprint density at radius 2 is 1.70 bits per heavy atom. The molecule has 0 aliphatic rings. The van der Waals surface area contributed by atoms with Gasteiger partial charge in [0.25, 0.3) is 5.76 Å². The van der Waals surface area contributed by atoms with Gasteiger partial charge in [-0.2, -0.15) is 8.78 Å². The number of aromatic nitrogens is 2. The Kier molecular flexibility index (Phi) is 5.55. The van der Waals surface area contributed by atoms with Crippen LogP contribution < -0.4 is 16.4 Å². The number of carbonyl (C=O) groups excluding carboxylic acids is 2. The third kappa shape index (κ3) is 4.73. The van der Waals surface area contributed by atoms with Crippen LogP contribution in [0, 0.1) is 0 Å². The number of alkyl halides is 2. The first kappa shape index (κ1) is 18.6. The van der Waals surface area contributed by atoms with Gasteiger partial charge in [0.05, 0.1) is 11.0 Å². The number of nitrogens with zero attached hydrogens (tertiary/aromatic N) is 2. The van der Waals surface area contributed by atoms with E-state index in [1.165, 1.54) is 4.57 Å². The molecule has 0 spiro atoms. The summed E-state index contributed by atoms with van der Waals surface area (Å²) < 4.78 is 27.1. The van der Waals surface area contributed by atoms with Crippen LogP contribution in [0.5, 0.6) is 0 Å². The summed E-state index contributed by atoms with van der Waals surface area (Å²) in [4.78, 5) is 27.3. The lowest BCUT2D eigenvalue weighted by atomic mass is 10.2. The second-order valence-corrected chi connectivity index (χ2v) is 6.42. The summed E-state index contributed by atoms with van der Waals surface area (Å²) >= 11 is 0.293. The molecule has 4 N–H and O–H groups in total. The van der Waals surface area contributed by atoms with E-state index >= 15 is 0 Å². The molecule has 0 aliphatic carbocycles. The standard InChI is InChI=1S/C17H15F2N5O2S/c18-15(19)27-17-23-12-3-1-2-4-13(12)24(17)9-14(25)21-10-5-7-11(8-6-10)22-16(20)26/h1-8,15H,9H2,(H,21,25)(H3,20,22,26). The molecule has 140 valence electrons. The molecule has 7 nitrogen and oxygen atoms in total. The van der Waals surface area contributed by atoms with Crippen molar-refractivity contribution in [2.75, 3.05) is 10.6 Å². The van der Waals surface area contributed by atoms with Crippen molar-refractivity contribution in [3.05, 3.63) is 48.5 Å². The van der Waals surface area contributed by atoms with E-state index in [1.807, 2.05) is 0 Å². The van der Waals surface area contributed by atoms with Crippen molar-refractivity contribution in [1.29, 1.82) is 0 Å². The van der Waals surface area contributed by atoms with Crippen molar-refractivity contribution in [2.24, 2.45) is 5.73 Å². The number of nitrogens with two attached hydrogens (primary N) is 1. The van der Waals surface area contributed by atoms with Gasteiger partial charge in [-0.3, -0.25) is 4.79 Å². The fourth-order valence-corrected chi connectivity index (χ4v) is 3.10. The van der Waals surface area contributed by atoms with Gasteiger partial charge in [0.15, 0.2) is 5.16 Å². The van der Waals surface area contributed by atoms with Crippen LogP contribution in [0.2, 0.25) is 0 Å². The first-order valence-electron chi connectivity index (χ1n) is 7.79. The van der Waals surface area contributed by atoms with Gasteiger partial charge < -0.3 is 20.9 Å². The molecule has 10 heteroatoms. The molecule has 27 heavy (non-hydrogen) atoms. The normalized spacial score (nSPS) is 10.9. The van der Waals surface area contributed by atoms with Crippen molar-refractivity contribution in [3.63, 3.8) is 0 Å². The Hall–Kier alpha value is -3.14. The molecule has 2 aromatic carbocycles. The predicted molar refractivity (Wildman–Crippen MR) is 99.9 cm³/mol. The lowest BCUT2D eigenvalue weighted by Crippen LogP contribution is -2.20. The molecule has 0 saturated heterocycles. The summed E-state index contributed by atoms with van der Waals surface area (Å²) in [5.41, 5.74) is 7.13. The average molecular weight is 391 g/mol. The highest BCUT2D eigenvalue weighted by atomic mass is 32.2. The number of benzene rings is 2. The maximum atomic E-state index is 12.8. The molecule has 3 aromatic rings. The lowest BCUT2D eigenvalue weighted by Gasteiger charge is -2.10. The number of carbonyl (C=O) groups is 2. The molecule has 0 fully saturated rings. The molecule has 0 aliphatic heterocycles. The van der Waals surface area contributed by atoms with Crippen LogP contribution >= 0.6 is 11.8 Å². The molecule has 0 atom stereocenters. The predicted octanol–water partition coefficient (Wildman–Crippen LogP) is 3.48. The minimum atomic E-state index is -2.64. The Morgan fingerprint density at radius 3 is 2.33 bits per heavy atom. The topological polar surface area (TPSA) is 102 Å². The van der Waals surface area contributed by atoms with E-state index < -0.39 is 17.7 Å². The molecule has 3 rings (SSSR count). The average Bonchev–Trinajstić information content (AvgIpc) is 2.93. The number of anilines is 2. The van der Waals surface area contributed by atoms with E-state index in [4.69, 9.17) is 5.73 Å². The highest BCUT2D eigenvalue weighted by Gasteiger charge is 2.17. The molecule has 0 unspecified atom stereocenters. The van der Waals surface area contributed by atoms with Crippen LogP contribution in [-0.4, -0.2) is 27.2 Å². The molecule has 1 aromatic heterocycles. The number of fused-ring (bicyclic) bond motifs is 1. The number of hydrogen-bond acceptors (Lipinski definition) is 4. The van der Waals surface area contributed by atoms with Gasteiger partial charge >= 0.3 is 6.03 Å². The van der Waals surface area contributed by atoms with Crippen LogP contribution in [0.4, 0.5) is 25.0 Å². The zero-order chi connectivity index (χ0) is 19.4. The number of thioether (sulfide) groups is 1. The van der Waals surface area contributed by atoms with Crippen molar-refractivity contribution >= 4 is 46.1 Å². The van der Waals surface area contributed by atoms with Gasteiger partial charge in [0, 0.05) is 11.4 Å². The van der Waals surface area contributed by atoms with Crippen LogP contribution in [0.1, 0.15) is 0 Å². The third-order valence-corrected chi connectivity index (χ3v) is 4.25.